The number of hydrogen-bond donors (Lipinski definition) is 2. The zero-order valence-electron chi connectivity index (χ0n) is 21.8. The van der Waals surface area contributed by atoms with Crippen molar-refractivity contribution in [1.82, 2.24) is 15.5 Å². The van der Waals surface area contributed by atoms with Crippen molar-refractivity contribution in [1.29, 1.82) is 0 Å². The number of nitrogens with one attached hydrogen (secondary N) is 2. The summed E-state index contributed by atoms with van der Waals surface area (Å²) in [7, 11) is 0. The number of benzene rings is 2. The van der Waals surface area contributed by atoms with Crippen LogP contribution in [-0.2, 0) is 14.3 Å². The number of rotatable bonds is 6. The molecule has 1 saturated carbocycles. The SMILES string of the molecule is CC(C)NC(=O)C1(NC(=O)[C@@H]2CCCN2C(=O)OC(C)(C)C)[C@H](c2ccccc2)[C@H]1c1ccccc1. The molecule has 3 atom stereocenters. The third-order valence-corrected chi connectivity index (χ3v) is 6.83. The first-order valence-electron chi connectivity index (χ1n) is 12.8. The maximum Gasteiger partial charge on any atom is 0.410 e. The Balaban J connectivity index is 1.69. The fourth-order valence-electron chi connectivity index (χ4n) is 5.36. The molecule has 2 aliphatic rings. The van der Waals surface area contributed by atoms with Crippen LogP contribution in [0.15, 0.2) is 60.7 Å². The Morgan fingerprint density at radius 3 is 1.94 bits per heavy atom. The molecule has 1 saturated heterocycles. The van der Waals surface area contributed by atoms with E-state index >= 15 is 0 Å². The van der Waals surface area contributed by atoms with Gasteiger partial charge in [-0.15, -0.1) is 0 Å². The van der Waals surface area contributed by atoms with Crippen molar-refractivity contribution in [3.8, 4) is 0 Å². The molecule has 0 radical (unpaired) electrons. The van der Waals surface area contributed by atoms with Crippen molar-refractivity contribution in [2.24, 2.45) is 0 Å². The van der Waals surface area contributed by atoms with Crippen LogP contribution in [0, 0.1) is 0 Å². The minimum atomic E-state index is -1.16. The predicted molar refractivity (Wildman–Crippen MR) is 138 cm³/mol. The molecule has 2 aromatic carbocycles. The van der Waals surface area contributed by atoms with Crippen LogP contribution in [0.1, 0.15) is 70.4 Å². The van der Waals surface area contributed by atoms with E-state index < -0.39 is 23.3 Å². The molecule has 0 unspecified atom stereocenters. The van der Waals surface area contributed by atoms with Crippen LogP contribution >= 0.6 is 0 Å². The number of carbonyl (C=O) groups is 3. The molecule has 192 valence electrons. The van der Waals surface area contributed by atoms with Crippen molar-refractivity contribution in [3.63, 3.8) is 0 Å². The molecule has 7 heteroatoms. The van der Waals surface area contributed by atoms with Gasteiger partial charge in [0, 0.05) is 24.4 Å². The predicted octanol–water partition coefficient (Wildman–Crippen LogP) is 4.35. The van der Waals surface area contributed by atoms with E-state index in [2.05, 4.69) is 10.6 Å². The van der Waals surface area contributed by atoms with Gasteiger partial charge in [0.15, 0.2) is 0 Å². The zero-order chi connectivity index (χ0) is 26.1. The second kappa shape index (κ2) is 9.96. The molecule has 2 fully saturated rings. The molecule has 0 bridgehead atoms. The van der Waals surface area contributed by atoms with E-state index in [0.717, 1.165) is 11.1 Å². The third kappa shape index (κ3) is 5.11. The molecule has 36 heavy (non-hydrogen) atoms. The van der Waals surface area contributed by atoms with Gasteiger partial charge in [-0.25, -0.2) is 4.79 Å². The highest BCUT2D eigenvalue weighted by atomic mass is 16.6. The standard InChI is InChI=1S/C29H37N3O4/c1-19(2)30-26(34)29(31-25(33)22-17-12-18-32(22)27(35)36-28(3,4)5)23(20-13-8-6-9-14-20)24(29)21-15-10-7-11-16-21/h6-11,13-16,19,22-24H,12,17-18H2,1-5H3,(H,30,34)(H,31,33)/t22-,23+,24+/m0/s1. The van der Waals surface area contributed by atoms with Crippen molar-refractivity contribution < 1.29 is 19.1 Å². The Morgan fingerprint density at radius 2 is 1.47 bits per heavy atom. The molecular weight excluding hydrogens is 454 g/mol. The Morgan fingerprint density at radius 1 is 0.944 bits per heavy atom. The third-order valence-electron chi connectivity index (χ3n) is 6.83. The molecule has 2 N–H and O–H groups in total. The summed E-state index contributed by atoms with van der Waals surface area (Å²) in [5.74, 6) is -1.01. The lowest BCUT2D eigenvalue weighted by molar-refractivity contribution is -0.132. The number of likely N-dealkylation sites (tertiary alicyclic amines) is 1. The van der Waals surface area contributed by atoms with Crippen molar-refractivity contribution >= 4 is 17.9 Å². The second-order valence-corrected chi connectivity index (χ2v) is 11.1. The summed E-state index contributed by atoms with van der Waals surface area (Å²) < 4.78 is 5.56. The van der Waals surface area contributed by atoms with Crippen LogP contribution in [0.4, 0.5) is 4.79 Å². The van der Waals surface area contributed by atoms with Crippen LogP contribution in [0.25, 0.3) is 0 Å². The van der Waals surface area contributed by atoms with Gasteiger partial charge in [0.2, 0.25) is 11.8 Å². The second-order valence-electron chi connectivity index (χ2n) is 11.1. The van der Waals surface area contributed by atoms with Gasteiger partial charge in [0.1, 0.15) is 17.2 Å². The fourth-order valence-corrected chi connectivity index (χ4v) is 5.36. The molecule has 0 spiro atoms. The van der Waals surface area contributed by atoms with Crippen molar-refractivity contribution in [3.05, 3.63) is 71.8 Å². The Hall–Kier alpha value is -3.35. The summed E-state index contributed by atoms with van der Waals surface area (Å²) >= 11 is 0. The lowest BCUT2D eigenvalue weighted by Crippen LogP contribution is -2.57. The average molecular weight is 492 g/mol. The van der Waals surface area contributed by atoms with E-state index in [-0.39, 0.29) is 29.7 Å². The number of ether oxygens (including phenoxy) is 1. The quantitative estimate of drug-likeness (QED) is 0.629. The minimum absolute atomic E-state index is 0.0931. The highest BCUT2D eigenvalue weighted by molar-refractivity contribution is 6.00. The van der Waals surface area contributed by atoms with E-state index in [4.69, 9.17) is 4.74 Å². The van der Waals surface area contributed by atoms with Gasteiger partial charge in [0.25, 0.3) is 0 Å². The van der Waals surface area contributed by atoms with Crippen LogP contribution in [0.3, 0.4) is 0 Å². The summed E-state index contributed by atoms with van der Waals surface area (Å²) in [6.45, 7) is 9.68. The van der Waals surface area contributed by atoms with E-state index in [1.54, 1.807) is 20.8 Å². The lowest BCUT2D eigenvalue weighted by Gasteiger charge is -2.30. The normalized spacial score (nSPS) is 25.4. The first-order chi connectivity index (χ1) is 17.0. The summed E-state index contributed by atoms with van der Waals surface area (Å²) in [6.07, 6.45) is 0.724. The Kier molecular flexibility index (Phi) is 7.12. The summed E-state index contributed by atoms with van der Waals surface area (Å²) in [5.41, 5.74) is 0.153. The van der Waals surface area contributed by atoms with Gasteiger partial charge in [-0.05, 0) is 58.6 Å². The van der Waals surface area contributed by atoms with E-state index in [9.17, 15) is 14.4 Å². The first kappa shape index (κ1) is 25.7. The number of nitrogens with zero attached hydrogens (tertiary/aromatic N) is 1. The van der Waals surface area contributed by atoms with Gasteiger partial charge in [-0.1, -0.05) is 60.7 Å². The molecule has 3 amide bonds. The molecule has 4 rings (SSSR count). The number of carbonyl (C=O) groups excluding carboxylic acids is 3. The van der Waals surface area contributed by atoms with Crippen LogP contribution < -0.4 is 10.6 Å². The van der Waals surface area contributed by atoms with E-state index in [0.29, 0.717) is 19.4 Å². The smallest absolute Gasteiger partial charge is 0.410 e. The molecule has 1 aliphatic carbocycles. The van der Waals surface area contributed by atoms with Gasteiger partial charge < -0.3 is 15.4 Å². The molecule has 1 heterocycles. The molecule has 1 aliphatic heterocycles. The summed E-state index contributed by atoms with van der Waals surface area (Å²) in [5, 5.41) is 6.21. The number of amides is 3. The zero-order valence-corrected chi connectivity index (χ0v) is 21.8. The molecule has 7 nitrogen and oxygen atoms in total. The molecule has 2 aromatic rings. The maximum atomic E-state index is 13.8. The lowest BCUT2D eigenvalue weighted by atomic mass is 10.0. The highest BCUT2D eigenvalue weighted by Crippen LogP contribution is 2.63. The van der Waals surface area contributed by atoms with Crippen LogP contribution in [0.2, 0.25) is 0 Å². The highest BCUT2D eigenvalue weighted by Gasteiger charge is 2.71. The summed E-state index contributed by atoms with van der Waals surface area (Å²) in [4.78, 5) is 42.0. The van der Waals surface area contributed by atoms with Gasteiger partial charge in [-0.3, -0.25) is 14.5 Å². The Labute approximate surface area is 213 Å². The van der Waals surface area contributed by atoms with Gasteiger partial charge >= 0.3 is 6.09 Å². The maximum absolute atomic E-state index is 13.8. The molecule has 0 aromatic heterocycles. The van der Waals surface area contributed by atoms with E-state index in [1.165, 1.54) is 4.90 Å². The minimum Gasteiger partial charge on any atom is -0.444 e. The molecular formula is C29H37N3O4. The van der Waals surface area contributed by atoms with Crippen LogP contribution in [-0.4, -0.2) is 52.6 Å². The van der Waals surface area contributed by atoms with Crippen LogP contribution in [0.5, 0.6) is 0 Å². The van der Waals surface area contributed by atoms with Gasteiger partial charge in [-0.2, -0.15) is 0 Å². The fraction of sp³-hybridized carbons (Fsp3) is 0.483. The first-order valence-corrected chi connectivity index (χ1v) is 12.8. The topological polar surface area (TPSA) is 87.7 Å². The van der Waals surface area contributed by atoms with E-state index in [1.807, 2.05) is 74.5 Å². The Bertz CT molecular complexity index is 1050. The van der Waals surface area contributed by atoms with Crippen molar-refractivity contribution in [2.45, 2.75) is 82.5 Å². The monoisotopic (exact) mass is 491 g/mol. The average Bonchev–Trinajstić information content (AvgIpc) is 3.21. The number of hydrogen-bond acceptors (Lipinski definition) is 4. The summed E-state index contributed by atoms with van der Waals surface area (Å²) in [6, 6.07) is 18.9. The van der Waals surface area contributed by atoms with Gasteiger partial charge in [0.05, 0.1) is 0 Å². The van der Waals surface area contributed by atoms with Crippen molar-refractivity contribution in [2.75, 3.05) is 6.54 Å². The largest absolute Gasteiger partial charge is 0.444 e.